The Balaban J connectivity index is 0. The molecule has 0 bridgehead atoms. The van der Waals surface area contributed by atoms with Crippen molar-refractivity contribution in [3.8, 4) is 0 Å². The minimum atomic E-state index is -0.926. The fourth-order valence-electron chi connectivity index (χ4n) is 0.297. The number of hydrogen-bond donors (Lipinski definition) is 0. The van der Waals surface area contributed by atoms with Gasteiger partial charge in [0, 0.05) is 7.11 Å². The molecule has 4 heteroatoms. The van der Waals surface area contributed by atoms with Crippen LogP contribution in [0.25, 0.3) is 0 Å². The van der Waals surface area contributed by atoms with Crippen molar-refractivity contribution in [2.75, 3.05) is 20.3 Å². The molecule has 0 aromatic heterocycles. The first kappa shape index (κ1) is 12.5. The van der Waals surface area contributed by atoms with E-state index in [1.54, 1.807) is 7.11 Å². The molecule has 0 aliphatic rings. The Morgan fingerprint density at radius 3 is 2.33 bits per heavy atom. The van der Waals surface area contributed by atoms with Crippen molar-refractivity contribution in [3.05, 3.63) is 0 Å². The number of ether oxygens (including phenoxy) is 2. The molecule has 0 rings (SSSR count). The second-order valence-corrected chi connectivity index (χ2v) is 1.43. The molecule has 0 fully saturated rings. The van der Waals surface area contributed by atoms with Gasteiger partial charge in [0.05, 0.1) is 13.2 Å². The van der Waals surface area contributed by atoms with Gasteiger partial charge in [0.25, 0.3) is 0 Å². The van der Waals surface area contributed by atoms with Crippen LogP contribution in [0.1, 0.15) is 6.92 Å². The van der Waals surface area contributed by atoms with Crippen molar-refractivity contribution in [2.24, 2.45) is 0 Å². The van der Waals surface area contributed by atoms with Crippen LogP contribution in [-0.2, 0) is 9.47 Å². The molecule has 0 N–H and O–H groups in total. The Hall–Kier alpha value is 0.880. The number of rotatable bonds is 4. The standard InChI is InChI=1S/C5H11O3.Na/c1-5(6)8-4-3-7-2;/h5H,3-4H2,1-2H3;/q-1;+1. The summed E-state index contributed by atoms with van der Waals surface area (Å²) < 4.78 is 9.23. The van der Waals surface area contributed by atoms with Crippen molar-refractivity contribution in [3.63, 3.8) is 0 Å². The van der Waals surface area contributed by atoms with Crippen LogP contribution in [-0.4, -0.2) is 26.6 Å². The summed E-state index contributed by atoms with van der Waals surface area (Å²) in [7, 11) is 1.57. The summed E-state index contributed by atoms with van der Waals surface area (Å²) in [5.74, 6) is 0. The predicted octanol–water partition coefficient (Wildman–Crippen LogP) is -3.64. The van der Waals surface area contributed by atoms with E-state index in [0.29, 0.717) is 13.2 Å². The van der Waals surface area contributed by atoms with Gasteiger partial charge in [0.15, 0.2) is 0 Å². The molecule has 0 spiro atoms. The zero-order chi connectivity index (χ0) is 6.41. The van der Waals surface area contributed by atoms with Crippen LogP contribution >= 0.6 is 0 Å². The van der Waals surface area contributed by atoms with Gasteiger partial charge in [0.2, 0.25) is 0 Å². The molecule has 9 heavy (non-hydrogen) atoms. The Morgan fingerprint density at radius 1 is 1.44 bits per heavy atom. The molecule has 0 saturated heterocycles. The van der Waals surface area contributed by atoms with Crippen LogP contribution < -0.4 is 34.7 Å². The predicted molar refractivity (Wildman–Crippen MR) is 27.3 cm³/mol. The number of hydrogen-bond acceptors (Lipinski definition) is 3. The molecule has 0 aliphatic heterocycles. The van der Waals surface area contributed by atoms with E-state index in [9.17, 15) is 5.11 Å². The second-order valence-electron chi connectivity index (χ2n) is 1.43. The smallest absolute Gasteiger partial charge is 0.831 e. The monoisotopic (exact) mass is 142 g/mol. The van der Waals surface area contributed by atoms with Gasteiger partial charge < -0.3 is 14.6 Å². The SMILES string of the molecule is COCCOC(C)[O-].[Na+]. The summed E-state index contributed by atoms with van der Waals surface area (Å²) in [5, 5.41) is 10.1. The van der Waals surface area contributed by atoms with E-state index in [-0.39, 0.29) is 29.6 Å². The van der Waals surface area contributed by atoms with Gasteiger partial charge in [0.1, 0.15) is 0 Å². The van der Waals surface area contributed by atoms with Gasteiger partial charge in [-0.2, -0.15) is 0 Å². The first-order chi connectivity index (χ1) is 3.77. The fraction of sp³-hybridized carbons (Fsp3) is 1.00. The third kappa shape index (κ3) is 12.2. The van der Waals surface area contributed by atoms with Gasteiger partial charge in [-0.25, -0.2) is 0 Å². The Labute approximate surface area is 77.6 Å². The van der Waals surface area contributed by atoms with Crippen molar-refractivity contribution >= 4 is 0 Å². The van der Waals surface area contributed by atoms with Gasteiger partial charge in [-0.3, -0.25) is 0 Å². The van der Waals surface area contributed by atoms with Gasteiger partial charge >= 0.3 is 29.6 Å². The summed E-state index contributed by atoms with van der Waals surface area (Å²) in [6, 6.07) is 0. The molecule has 3 nitrogen and oxygen atoms in total. The molecule has 0 amide bonds. The molecular formula is C5H11NaO3. The summed E-state index contributed by atoms with van der Waals surface area (Å²) >= 11 is 0. The molecule has 0 aromatic carbocycles. The second kappa shape index (κ2) is 8.88. The summed E-state index contributed by atoms with van der Waals surface area (Å²) in [5.41, 5.74) is 0. The van der Waals surface area contributed by atoms with E-state index >= 15 is 0 Å². The van der Waals surface area contributed by atoms with Gasteiger partial charge in [-0.15, -0.1) is 0 Å². The van der Waals surface area contributed by atoms with E-state index in [1.807, 2.05) is 0 Å². The van der Waals surface area contributed by atoms with Crippen LogP contribution in [0.3, 0.4) is 0 Å². The largest absolute Gasteiger partial charge is 1.00 e. The molecular weight excluding hydrogens is 131 g/mol. The average molecular weight is 142 g/mol. The molecule has 1 atom stereocenters. The van der Waals surface area contributed by atoms with Crippen LogP contribution in [0.2, 0.25) is 0 Å². The summed E-state index contributed by atoms with van der Waals surface area (Å²) in [4.78, 5) is 0. The third-order valence-electron chi connectivity index (χ3n) is 0.640. The van der Waals surface area contributed by atoms with Gasteiger partial charge in [-0.1, -0.05) is 6.92 Å². The Bertz CT molecular complexity index is 49.5. The summed E-state index contributed by atoms with van der Waals surface area (Å²) in [6.45, 7) is 2.34. The first-order valence-electron chi connectivity index (χ1n) is 2.53. The Kier molecular flexibility index (Phi) is 12.4. The first-order valence-corrected chi connectivity index (χ1v) is 2.53. The minimum absolute atomic E-state index is 0. The van der Waals surface area contributed by atoms with Crippen LogP contribution in [0.5, 0.6) is 0 Å². The van der Waals surface area contributed by atoms with E-state index in [1.165, 1.54) is 6.92 Å². The minimum Gasteiger partial charge on any atom is -0.831 e. The van der Waals surface area contributed by atoms with E-state index in [2.05, 4.69) is 9.47 Å². The maximum absolute atomic E-state index is 10.1. The van der Waals surface area contributed by atoms with Crippen molar-refractivity contribution < 1.29 is 44.1 Å². The van der Waals surface area contributed by atoms with Crippen molar-refractivity contribution in [1.82, 2.24) is 0 Å². The van der Waals surface area contributed by atoms with E-state index < -0.39 is 6.29 Å². The topological polar surface area (TPSA) is 41.5 Å². The van der Waals surface area contributed by atoms with E-state index in [0.717, 1.165) is 0 Å². The van der Waals surface area contributed by atoms with Crippen LogP contribution in [0.15, 0.2) is 0 Å². The quantitative estimate of drug-likeness (QED) is 0.231. The van der Waals surface area contributed by atoms with Gasteiger partial charge in [-0.05, 0) is 6.29 Å². The van der Waals surface area contributed by atoms with Crippen LogP contribution in [0.4, 0.5) is 0 Å². The normalized spacial score (nSPS) is 12.3. The average Bonchev–Trinajstić information content (AvgIpc) is 1.66. The van der Waals surface area contributed by atoms with Crippen molar-refractivity contribution in [2.45, 2.75) is 13.2 Å². The Morgan fingerprint density at radius 2 is 2.00 bits per heavy atom. The third-order valence-corrected chi connectivity index (χ3v) is 0.640. The zero-order valence-electron chi connectivity index (χ0n) is 6.22. The molecule has 0 radical (unpaired) electrons. The maximum Gasteiger partial charge on any atom is 1.00 e. The van der Waals surface area contributed by atoms with Crippen molar-refractivity contribution in [1.29, 1.82) is 0 Å². The molecule has 0 aromatic rings. The number of methoxy groups -OCH3 is 1. The molecule has 0 saturated carbocycles. The maximum atomic E-state index is 10.1. The molecule has 50 valence electrons. The molecule has 0 heterocycles. The molecule has 0 aliphatic carbocycles. The van der Waals surface area contributed by atoms with E-state index in [4.69, 9.17) is 0 Å². The van der Waals surface area contributed by atoms with Crippen LogP contribution in [0, 0.1) is 0 Å². The summed E-state index contributed by atoms with van der Waals surface area (Å²) in [6.07, 6.45) is -0.926. The zero-order valence-corrected chi connectivity index (χ0v) is 8.22. The fourth-order valence-corrected chi connectivity index (χ4v) is 0.297. The molecule has 1 unspecified atom stereocenters.